The van der Waals surface area contributed by atoms with E-state index >= 15 is 0 Å². The van der Waals surface area contributed by atoms with E-state index in [4.69, 9.17) is 0 Å². The first-order valence-corrected chi connectivity index (χ1v) is 7.06. The highest BCUT2D eigenvalue weighted by atomic mass is 16.6. The Labute approximate surface area is 123 Å². The Hall–Kier alpha value is -2.37. The number of nitrogens with zero attached hydrogens (tertiary/aromatic N) is 3. The quantitative estimate of drug-likeness (QED) is 0.652. The van der Waals surface area contributed by atoms with E-state index < -0.39 is 0 Å². The SMILES string of the molecule is CCCc1nn(C)c(NC(C)c2ccccc2)c1[N+](=O)[O-]. The number of nitrogens with one attached hydrogen (secondary N) is 1. The van der Waals surface area contributed by atoms with Crippen molar-refractivity contribution in [1.82, 2.24) is 9.78 Å². The third-order valence-corrected chi connectivity index (χ3v) is 3.41. The van der Waals surface area contributed by atoms with Crippen molar-refractivity contribution in [1.29, 1.82) is 0 Å². The van der Waals surface area contributed by atoms with Gasteiger partial charge in [0.25, 0.3) is 0 Å². The van der Waals surface area contributed by atoms with Gasteiger partial charge in [0.1, 0.15) is 5.69 Å². The molecule has 0 radical (unpaired) electrons. The van der Waals surface area contributed by atoms with Crippen LogP contribution >= 0.6 is 0 Å². The molecule has 1 atom stereocenters. The number of hydrogen-bond donors (Lipinski definition) is 1. The fourth-order valence-electron chi connectivity index (χ4n) is 2.36. The second kappa shape index (κ2) is 6.39. The van der Waals surface area contributed by atoms with Gasteiger partial charge in [-0.25, -0.2) is 4.68 Å². The maximum atomic E-state index is 11.4. The summed E-state index contributed by atoms with van der Waals surface area (Å²) in [5.74, 6) is 0.458. The lowest BCUT2D eigenvalue weighted by atomic mass is 10.1. The van der Waals surface area contributed by atoms with E-state index in [1.165, 1.54) is 0 Å². The number of aromatic nitrogens is 2. The normalized spacial score (nSPS) is 12.1. The van der Waals surface area contributed by atoms with Gasteiger partial charge in [-0.1, -0.05) is 43.7 Å². The molecule has 0 saturated heterocycles. The molecule has 0 amide bonds. The third-order valence-electron chi connectivity index (χ3n) is 3.41. The summed E-state index contributed by atoms with van der Waals surface area (Å²) in [4.78, 5) is 11.0. The number of rotatable bonds is 6. The van der Waals surface area contributed by atoms with Crippen molar-refractivity contribution in [2.75, 3.05) is 5.32 Å². The van der Waals surface area contributed by atoms with Gasteiger partial charge in [-0.15, -0.1) is 0 Å². The molecule has 1 heterocycles. The minimum atomic E-state index is -0.349. The average Bonchev–Trinajstić information content (AvgIpc) is 2.76. The molecule has 6 heteroatoms. The van der Waals surface area contributed by atoms with Gasteiger partial charge in [-0.05, 0) is 18.9 Å². The van der Waals surface area contributed by atoms with E-state index in [0.717, 1.165) is 12.0 Å². The summed E-state index contributed by atoms with van der Waals surface area (Å²) < 4.78 is 1.56. The molecule has 0 spiro atoms. The van der Waals surface area contributed by atoms with E-state index in [1.807, 2.05) is 44.2 Å². The van der Waals surface area contributed by atoms with Crippen LogP contribution in [0.4, 0.5) is 11.5 Å². The Morgan fingerprint density at radius 1 is 1.38 bits per heavy atom. The highest BCUT2D eigenvalue weighted by molar-refractivity contribution is 5.60. The molecule has 0 aliphatic rings. The molecule has 0 fully saturated rings. The van der Waals surface area contributed by atoms with Crippen LogP contribution in [0.2, 0.25) is 0 Å². The molecular weight excluding hydrogens is 268 g/mol. The summed E-state index contributed by atoms with van der Waals surface area (Å²) in [7, 11) is 1.73. The lowest BCUT2D eigenvalue weighted by molar-refractivity contribution is -0.384. The van der Waals surface area contributed by atoms with Gasteiger partial charge in [0.2, 0.25) is 5.82 Å². The Kier molecular flexibility index (Phi) is 4.57. The minimum absolute atomic E-state index is 0.0326. The van der Waals surface area contributed by atoms with Crippen LogP contribution in [-0.2, 0) is 13.5 Å². The van der Waals surface area contributed by atoms with E-state index in [0.29, 0.717) is 17.9 Å². The zero-order chi connectivity index (χ0) is 15.4. The van der Waals surface area contributed by atoms with Crippen molar-refractivity contribution in [3.8, 4) is 0 Å². The molecule has 112 valence electrons. The smallest absolute Gasteiger partial charge is 0.334 e. The maximum absolute atomic E-state index is 11.4. The molecule has 1 unspecified atom stereocenters. The number of benzene rings is 1. The van der Waals surface area contributed by atoms with E-state index in [-0.39, 0.29) is 16.7 Å². The Balaban J connectivity index is 2.33. The average molecular weight is 288 g/mol. The van der Waals surface area contributed by atoms with Crippen LogP contribution in [0.1, 0.15) is 37.6 Å². The van der Waals surface area contributed by atoms with Crippen LogP contribution in [-0.4, -0.2) is 14.7 Å². The second-order valence-corrected chi connectivity index (χ2v) is 5.05. The number of anilines is 1. The van der Waals surface area contributed by atoms with Crippen molar-refractivity contribution in [2.24, 2.45) is 7.05 Å². The summed E-state index contributed by atoms with van der Waals surface area (Å²) in [6.45, 7) is 3.96. The molecule has 0 saturated carbocycles. The van der Waals surface area contributed by atoms with Crippen LogP contribution in [0.5, 0.6) is 0 Å². The van der Waals surface area contributed by atoms with Gasteiger partial charge in [-0.3, -0.25) is 10.1 Å². The molecule has 0 aliphatic heterocycles. The Morgan fingerprint density at radius 2 is 2.05 bits per heavy atom. The number of hydrogen-bond acceptors (Lipinski definition) is 4. The summed E-state index contributed by atoms with van der Waals surface area (Å²) in [6.07, 6.45) is 1.43. The second-order valence-electron chi connectivity index (χ2n) is 5.05. The van der Waals surface area contributed by atoms with Gasteiger partial charge >= 0.3 is 5.69 Å². The molecule has 1 aromatic carbocycles. The highest BCUT2D eigenvalue weighted by Crippen LogP contribution is 2.31. The lowest BCUT2D eigenvalue weighted by Crippen LogP contribution is -2.11. The molecule has 1 N–H and O–H groups in total. The molecule has 0 bridgehead atoms. The zero-order valence-electron chi connectivity index (χ0n) is 12.5. The zero-order valence-corrected chi connectivity index (χ0v) is 12.5. The third kappa shape index (κ3) is 3.21. The molecule has 2 rings (SSSR count). The Morgan fingerprint density at radius 3 is 2.62 bits per heavy atom. The lowest BCUT2D eigenvalue weighted by Gasteiger charge is -2.15. The van der Waals surface area contributed by atoms with Gasteiger partial charge in [0.05, 0.1) is 11.0 Å². The van der Waals surface area contributed by atoms with Crippen LogP contribution in [0, 0.1) is 10.1 Å². The minimum Gasteiger partial charge on any atom is -0.358 e. The van der Waals surface area contributed by atoms with Crippen LogP contribution in [0.25, 0.3) is 0 Å². The van der Waals surface area contributed by atoms with Crippen molar-refractivity contribution >= 4 is 11.5 Å². The molecule has 0 aliphatic carbocycles. The molecule has 1 aromatic heterocycles. The summed E-state index contributed by atoms with van der Waals surface area (Å²) in [5.41, 5.74) is 1.69. The van der Waals surface area contributed by atoms with Gasteiger partial charge in [0.15, 0.2) is 0 Å². The van der Waals surface area contributed by atoms with Crippen LogP contribution < -0.4 is 5.32 Å². The Bertz CT molecular complexity index is 622. The topological polar surface area (TPSA) is 73.0 Å². The molecule has 2 aromatic rings. The molecular formula is C15H20N4O2. The summed E-state index contributed by atoms with van der Waals surface area (Å²) in [6, 6.07) is 9.80. The van der Waals surface area contributed by atoms with Crippen LogP contribution in [0.15, 0.2) is 30.3 Å². The van der Waals surface area contributed by atoms with Crippen molar-refractivity contribution in [3.05, 3.63) is 51.7 Å². The van der Waals surface area contributed by atoms with Gasteiger partial charge in [0, 0.05) is 7.05 Å². The first-order valence-electron chi connectivity index (χ1n) is 7.06. The van der Waals surface area contributed by atoms with E-state index in [2.05, 4.69) is 10.4 Å². The van der Waals surface area contributed by atoms with E-state index in [1.54, 1.807) is 11.7 Å². The predicted molar refractivity (Wildman–Crippen MR) is 82.3 cm³/mol. The summed E-state index contributed by atoms with van der Waals surface area (Å²) in [5, 5.41) is 18.9. The van der Waals surface area contributed by atoms with E-state index in [9.17, 15) is 10.1 Å². The maximum Gasteiger partial charge on any atom is 0.334 e. The monoisotopic (exact) mass is 288 g/mol. The highest BCUT2D eigenvalue weighted by Gasteiger charge is 2.27. The van der Waals surface area contributed by atoms with Crippen molar-refractivity contribution < 1.29 is 4.92 Å². The van der Waals surface area contributed by atoms with Gasteiger partial charge in [-0.2, -0.15) is 5.10 Å². The predicted octanol–water partition coefficient (Wildman–Crippen LogP) is 3.45. The summed E-state index contributed by atoms with van der Waals surface area (Å²) >= 11 is 0. The standard InChI is InChI=1S/C15H20N4O2/c1-4-8-13-14(19(20)21)15(18(3)17-13)16-11(2)12-9-6-5-7-10-12/h5-7,9-11,16H,4,8H2,1-3H3. The van der Waals surface area contributed by atoms with Crippen LogP contribution in [0.3, 0.4) is 0 Å². The first-order chi connectivity index (χ1) is 10.0. The fourth-order valence-corrected chi connectivity index (χ4v) is 2.36. The van der Waals surface area contributed by atoms with Crippen molar-refractivity contribution in [3.63, 3.8) is 0 Å². The largest absolute Gasteiger partial charge is 0.358 e. The van der Waals surface area contributed by atoms with Gasteiger partial charge < -0.3 is 5.32 Å². The first kappa shape index (κ1) is 15.0. The number of aryl methyl sites for hydroxylation is 2. The fraction of sp³-hybridized carbons (Fsp3) is 0.400. The molecule has 6 nitrogen and oxygen atoms in total. The van der Waals surface area contributed by atoms with Crippen molar-refractivity contribution in [2.45, 2.75) is 32.7 Å². The molecule has 21 heavy (non-hydrogen) atoms. The number of nitro groups is 1.